The number of hydrogen-bond donors (Lipinski definition) is 2. The maximum absolute atomic E-state index is 13.8. The van der Waals surface area contributed by atoms with Gasteiger partial charge in [-0.15, -0.1) is 0 Å². The Morgan fingerprint density at radius 2 is 1.64 bits per heavy atom. The molecule has 2 N–H and O–H groups in total. The van der Waals surface area contributed by atoms with Crippen molar-refractivity contribution in [1.29, 1.82) is 0 Å². The van der Waals surface area contributed by atoms with Crippen LogP contribution in [0.2, 0.25) is 0 Å². The van der Waals surface area contributed by atoms with E-state index < -0.39 is 35.7 Å². The predicted molar refractivity (Wildman–Crippen MR) is 154 cm³/mol. The third-order valence-corrected chi connectivity index (χ3v) is 8.73. The summed E-state index contributed by atoms with van der Waals surface area (Å²) in [5, 5.41) is 12.7. The summed E-state index contributed by atoms with van der Waals surface area (Å²) in [4.78, 5) is 40.7. The molecule has 218 valence electrons. The second-order valence-corrected chi connectivity index (χ2v) is 11.2. The van der Waals surface area contributed by atoms with E-state index in [-0.39, 0.29) is 38.1 Å². The molecule has 2 amide bonds. The topological polar surface area (TPSA) is 114 Å². The average molecular weight is 571 g/mol. The number of aliphatic carboxylic acids is 1. The van der Waals surface area contributed by atoms with E-state index in [1.54, 1.807) is 6.92 Å². The van der Waals surface area contributed by atoms with Crippen molar-refractivity contribution in [3.8, 4) is 11.1 Å². The van der Waals surface area contributed by atoms with Gasteiger partial charge < -0.3 is 29.5 Å². The lowest BCUT2D eigenvalue weighted by Gasteiger charge is -2.29. The second-order valence-electron chi connectivity index (χ2n) is 11.2. The van der Waals surface area contributed by atoms with Crippen LogP contribution in [0.25, 0.3) is 11.1 Å². The molecule has 9 heteroatoms. The summed E-state index contributed by atoms with van der Waals surface area (Å²) in [7, 11) is 0. The van der Waals surface area contributed by atoms with E-state index >= 15 is 0 Å². The van der Waals surface area contributed by atoms with Gasteiger partial charge in [0.1, 0.15) is 12.6 Å². The molecule has 0 saturated carbocycles. The Morgan fingerprint density at radius 3 is 2.29 bits per heavy atom. The lowest BCUT2D eigenvalue weighted by molar-refractivity contribution is -0.161. The van der Waals surface area contributed by atoms with E-state index in [0.717, 1.165) is 27.8 Å². The number of hydrogen-bond acceptors (Lipinski definition) is 6. The Hall–Kier alpha value is -4.21. The Balaban J connectivity index is 1.17. The summed E-state index contributed by atoms with van der Waals surface area (Å²) < 4.78 is 17.4. The molecule has 1 aliphatic carbocycles. The van der Waals surface area contributed by atoms with Gasteiger partial charge in [0.25, 0.3) is 0 Å². The monoisotopic (exact) mass is 570 g/mol. The number of likely N-dealkylation sites (tertiary alicyclic amines) is 1. The van der Waals surface area contributed by atoms with Gasteiger partial charge in [0, 0.05) is 25.0 Å². The van der Waals surface area contributed by atoms with E-state index in [0.29, 0.717) is 13.0 Å². The van der Waals surface area contributed by atoms with Gasteiger partial charge in [0.15, 0.2) is 5.60 Å². The molecule has 2 aliphatic heterocycles. The molecule has 42 heavy (non-hydrogen) atoms. The van der Waals surface area contributed by atoms with Gasteiger partial charge in [-0.3, -0.25) is 4.79 Å². The van der Waals surface area contributed by atoms with Gasteiger partial charge in [-0.05, 0) is 41.2 Å². The van der Waals surface area contributed by atoms with Crippen molar-refractivity contribution in [2.45, 2.75) is 43.6 Å². The molecule has 2 heterocycles. The van der Waals surface area contributed by atoms with E-state index in [1.165, 1.54) is 4.90 Å². The highest BCUT2D eigenvalue weighted by Crippen LogP contribution is 2.44. The number of rotatable bonds is 9. The van der Waals surface area contributed by atoms with Crippen molar-refractivity contribution < 1.29 is 33.7 Å². The number of carbonyl (C=O) groups excluding carboxylic acids is 2. The Bertz CT molecular complexity index is 1430. The van der Waals surface area contributed by atoms with Crippen molar-refractivity contribution in [1.82, 2.24) is 10.2 Å². The highest BCUT2D eigenvalue weighted by Gasteiger charge is 2.58. The lowest BCUT2D eigenvalue weighted by atomic mass is 9.91. The number of fused-ring (bicyclic) bond motifs is 4. The van der Waals surface area contributed by atoms with Gasteiger partial charge in [0.2, 0.25) is 5.91 Å². The minimum Gasteiger partial charge on any atom is -0.479 e. The van der Waals surface area contributed by atoms with E-state index in [2.05, 4.69) is 17.4 Å². The Morgan fingerprint density at radius 1 is 1.00 bits per heavy atom. The van der Waals surface area contributed by atoms with Crippen LogP contribution in [0.3, 0.4) is 0 Å². The van der Waals surface area contributed by atoms with Gasteiger partial charge >= 0.3 is 12.1 Å². The van der Waals surface area contributed by atoms with Crippen LogP contribution in [-0.4, -0.2) is 72.0 Å². The van der Waals surface area contributed by atoms with Crippen molar-refractivity contribution in [2.24, 2.45) is 5.92 Å². The summed E-state index contributed by atoms with van der Waals surface area (Å²) in [5.41, 5.74) is 3.91. The van der Waals surface area contributed by atoms with Crippen LogP contribution in [0.1, 0.15) is 36.0 Å². The molecule has 3 aromatic rings. The van der Waals surface area contributed by atoms with Crippen LogP contribution in [-0.2, 0) is 30.4 Å². The fraction of sp³-hybridized carbons (Fsp3) is 0.364. The normalized spacial score (nSPS) is 22.1. The SMILES string of the molecule is CC(OCc1ccccc1)C(NC(=O)OCC1c2ccccc2-c2ccccc21)C(=O)N1CC2CCOC2(C(=O)O)C1. The number of ether oxygens (including phenoxy) is 3. The highest BCUT2D eigenvalue weighted by molar-refractivity contribution is 5.89. The van der Waals surface area contributed by atoms with E-state index in [1.807, 2.05) is 66.7 Å². The summed E-state index contributed by atoms with van der Waals surface area (Å²) in [5.74, 6) is -1.94. The second kappa shape index (κ2) is 11.6. The number of carboxylic acids is 1. The molecule has 0 radical (unpaired) electrons. The highest BCUT2D eigenvalue weighted by atomic mass is 16.6. The van der Waals surface area contributed by atoms with Crippen molar-refractivity contribution in [3.05, 3.63) is 95.6 Å². The molecule has 2 fully saturated rings. The van der Waals surface area contributed by atoms with Crippen molar-refractivity contribution >= 4 is 18.0 Å². The van der Waals surface area contributed by atoms with Gasteiger partial charge in [0.05, 0.1) is 19.3 Å². The van der Waals surface area contributed by atoms with Crippen LogP contribution >= 0.6 is 0 Å². The largest absolute Gasteiger partial charge is 0.479 e. The first kappa shape index (κ1) is 27.9. The number of alkyl carbamates (subject to hydrolysis) is 1. The third-order valence-electron chi connectivity index (χ3n) is 8.73. The van der Waals surface area contributed by atoms with Crippen LogP contribution in [0.4, 0.5) is 4.79 Å². The molecule has 9 nitrogen and oxygen atoms in total. The Kier molecular flexibility index (Phi) is 7.70. The van der Waals surface area contributed by atoms with Gasteiger partial charge in [-0.1, -0.05) is 78.9 Å². The van der Waals surface area contributed by atoms with Crippen LogP contribution in [0.15, 0.2) is 78.9 Å². The quantitative estimate of drug-likeness (QED) is 0.396. The molecular formula is C33H34N2O7. The molecular weight excluding hydrogens is 536 g/mol. The van der Waals surface area contributed by atoms with E-state index in [9.17, 15) is 19.5 Å². The molecule has 0 aromatic heterocycles. The lowest BCUT2D eigenvalue weighted by Crippen LogP contribution is -2.55. The number of carboxylic acid groups (broad SMARTS) is 1. The summed E-state index contributed by atoms with van der Waals surface area (Å²) in [6.07, 6.45) is -0.907. The first-order chi connectivity index (χ1) is 20.4. The van der Waals surface area contributed by atoms with E-state index in [4.69, 9.17) is 14.2 Å². The average Bonchev–Trinajstić information content (AvgIpc) is 3.68. The first-order valence-corrected chi connectivity index (χ1v) is 14.3. The zero-order chi connectivity index (χ0) is 29.3. The molecule has 6 rings (SSSR count). The Labute approximate surface area is 244 Å². The molecule has 0 spiro atoms. The van der Waals surface area contributed by atoms with Crippen LogP contribution in [0, 0.1) is 5.92 Å². The number of nitrogens with one attached hydrogen (secondary N) is 1. The molecule has 3 aliphatic rings. The summed E-state index contributed by atoms with van der Waals surface area (Å²) in [6, 6.07) is 24.6. The molecule has 4 unspecified atom stereocenters. The van der Waals surface area contributed by atoms with Crippen LogP contribution < -0.4 is 5.32 Å². The van der Waals surface area contributed by atoms with Crippen molar-refractivity contribution in [2.75, 3.05) is 26.3 Å². The predicted octanol–water partition coefficient (Wildman–Crippen LogP) is 4.20. The first-order valence-electron chi connectivity index (χ1n) is 14.3. The number of benzene rings is 3. The minimum absolute atomic E-state index is 0.0832. The molecule has 0 bridgehead atoms. The fourth-order valence-corrected chi connectivity index (χ4v) is 6.48. The number of amides is 2. The number of nitrogens with zero attached hydrogens (tertiary/aromatic N) is 1. The summed E-state index contributed by atoms with van der Waals surface area (Å²) in [6.45, 7) is 2.55. The van der Waals surface area contributed by atoms with Crippen molar-refractivity contribution in [3.63, 3.8) is 0 Å². The smallest absolute Gasteiger partial charge is 0.407 e. The minimum atomic E-state index is -1.42. The van der Waals surface area contributed by atoms with Gasteiger partial charge in [-0.25, -0.2) is 9.59 Å². The summed E-state index contributed by atoms with van der Waals surface area (Å²) >= 11 is 0. The standard InChI is InChI=1S/C33H34N2O7/c1-21(40-18-22-9-3-2-4-10-22)29(30(36)35-17-23-15-16-42-33(23,20-35)31(37)38)34-32(39)41-19-28-26-13-7-5-11-24(26)25-12-6-8-14-27(25)28/h2-14,21,23,28-29H,15-20H2,1H3,(H,34,39)(H,37,38). The molecule has 3 aromatic carbocycles. The fourth-order valence-electron chi connectivity index (χ4n) is 6.48. The maximum atomic E-state index is 13.8. The molecule has 2 saturated heterocycles. The molecule has 4 atom stereocenters. The van der Waals surface area contributed by atoms with Gasteiger partial charge in [-0.2, -0.15) is 0 Å². The zero-order valence-electron chi connectivity index (χ0n) is 23.4. The number of carbonyl (C=O) groups is 3. The maximum Gasteiger partial charge on any atom is 0.407 e. The third kappa shape index (κ3) is 5.14. The van der Waals surface area contributed by atoms with Crippen LogP contribution in [0.5, 0.6) is 0 Å². The zero-order valence-corrected chi connectivity index (χ0v) is 23.4.